The van der Waals surface area contributed by atoms with Crippen molar-refractivity contribution >= 4 is 22.5 Å². The SMILES string of the molecule is C[C@@H]1CN(c2cnc(C#N)c3ncccc23)C[C@H](CNC(=O)C2(F)CCNC2)O1. The minimum atomic E-state index is -1.85. The average Bonchev–Trinajstić information content (AvgIpc) is 3.18. The predicted octanol–water partition coefficient (Wildman–Crippen LogP) is 0.913. The lowest BCUT2D eigenvalue weighted by molar-refractivity contribution is -0.132. The first kappa shape index (κ1) is 19.5. The summed E-state index contributed by atoms with van der Waals surface area (Å²) in [6.07, 6.45) is 3.13. The number of alkyl halides is 1. The molecular formula is C20H23FN6O2. The van der Waals surface area contributed by atoms with Crippen LogP contribution in [0.5, 0.6) is 0 Å². The van der Waals surface area contributed by atoms with Gasteiger partial charge in [0.05, 0.1) is 24.1 Å². The third-order valence-electron chi connectivity index (χ3n) is 5.40. The van der Waals surface area contributed by atoms with E-state index in [4.69, 9.17) is 4.74 Å². The highest BCUT2D eigenvalue weighted by Crippen LogP contribution is 2.29. The van der Waals surface area contributed by atoms with Gasteiger partial charge in [-0.25, -0.2) is 9.37 Å². The van der Waals surface area contributed by atoms with Crippen LogP contribution in [0, 0.1) is 11.3 Å². The van der Waals surface area contributed by atoms with Crippen LogP contribution in [0.2, 0.25) is 0 Å². The van der Waals surface area contributed by atoms with Gasteiger partial charge in [0.2, 0.25) is 5.67 Å². The molecule has 1 unspecified atom stereocenters. The Balaban J connectivity index is 1.50. The monoisotopic (exact) mass is 398 g/mol. The number of aromatic nitrogens is 2. The van der Waals surface area contributed by atoms with E-state index in [1.807, 2.05) is 19.1 Å². The minimum absolute atomic E-state index is 0.0444. The molecule has 0 aromatic carbocycles. The van der Waals surface area contributed by atoms with Crippen molar-refractivity contribution in [3.05, 3.63) is 30.2 Å². The van der Waals surface area contributed by atoms with Crippen molar-refractivity contribution in [1.29, 1.82) is 5.26 Å². The number of carbonyl (C=O) groups is 1. The number of ether oxygens (including phenoxy) is 1. The van der Waals surface area contributed by atoms with Gasteiger partial charge in [0.15, 0.2) is 5.69 Å². The highest BCUT2D eigenvalue weighted by atomic mass is 19.1. The summed E-state index contributed by atoms with van der Waals surface area (Å²) in [5.74, 6) is -0.592. The molecule has 0 spiro atoms. The minimum Gasteiger partial charge on any atom is -0.370 e. The van der Waals surface area contributed by atoms with Gasteiger partial charge >= 0.3 is 0 Å². The molecule has 4 heterocycles. The average molecular weight is 398 g/mol. The normalized spacial score (nSPS) is 27.0. The van der Waals surface area contributed by atoms with E-state index in [-0.39, 0.29) is 37.4 Å². The predicted molar refractivity (Wildman–Crippen MR) is 105 cm³/mol. The molecule has 0 radical (unpaired) electrons. The zero-order chi connectivity index (χ0) is 20.4. The Kier molecular flexibility index (Phi) is 5.30. The number of carbonyl (C=O) groups excluding carboxylic acids is 1. The van der Waals surface area contributed by atoms with E-state index in [1.54, 1.807) is 12.4 Å². The Bertz CT molecular complexity index is 956. The van der Waals surface area contributed by atoms with Crippen molar-refractivity contribution in [2.75, 3.05) is 37.6 Å². The molecule has 1 amide bonds. The van der Waals surface area contributed by atoms with Crippen LogP contribution in [-0.4, -0.2) is 66.5 Å². The summed E-state index contributed by atoms with van der Waals surface area (Å²) in [7, 11) is 0. The summed E-state index contributed by atoms with van der Waals surface area (Å²) in [5, 5.41) is 15.7. The number of amides is 1. The van der Waals surface area contributed by atoms with Crippen LogP contribution in [-0.2, 0) is 9.53 Å². The van der Waals surface area contributed by atoms with Crippen molar-refractivity contribution in [3.63, 3.8) is 0 Å². The summed E-state index contributed by atoms with van der Waals surface area (Å²) >= 11 is 0. The van der Waals surface area contributed by atoms with Gasteiger partial charge in [-0.3, -0.25) is 9.78 Å². The Hall–Kier alpha value is -2.83. The summed E-state index contributed by atoms with van der Waals surface area (Å²) in [6, 6.07) is 5.81. The van der Waals surface area contributed by atoms with Crippen molar-refractivity contribution in [3.8, 4) is 6.07 Å². The molecule has 2 N–H and O–H groups in total. The second kappa shape index (κ2) is 7.89. The fourth-order valence-electron chi connectivity index (χ4n) is 3.97. The molecule has 2 aromatic rings. The summed E-state index contributed by atoms with van der Waals surface area (Å²) < 4.78 is 20.5. The number of morpholine rings is 1. The highest BCUT2D eigenvalue weighted by molar-refractivity contribution is 5.93. The van der Waals surface area contributed by atoms with Crippen LogP contribution in [0.25, 0.3) is 10.9 Å². The lowest BCUT2D eigenvalue weighted by atomic mass is 10.0. The molecule has 2 aliphatic rings. The maximum Gasteiger partial charge on any atom is 0.259 e. The number of nitrogens with zero attached hydrogens (tertiary/aromatic N) is 4. The van der Waals surface area contributed by atoms with Crippen molar-refractivity contribution in [2.24, 2.45) is 0 Å². The van der Waals surface area contributed by atoms with Gasteiger partial charge in [0.25, 0.3) is 5.91 Å². The quantitative estimate of drug-likeness (QED) is 0.789. The van der Waals surface area contributed by atoms with E-state index < -0.39 is 11.6 Å². The number of nitrogens with one attached hydrogen (secondary N) is 2. The summed E-state index contributed by atoms with van der Waals surface area (Å²) in [5.41, 5.74) is -0.142. The van der Waals surface area contributed by atoms with Gasteiger partial charge in [-0.1, -0.05) is 0 Å². The molecular weight excluding hydrogens is 375 g/mol. The number of hydrogen-bond donors (Lipinski definition) is 2. The topological polar surface area (TPSA) is 103 Å². The molecule has 4 rings (SSSR count). The number of fused-ring (bicyclic) bond motifs is 1. The van der Waals surface area contributed by atoms with Gasteiger partial charge in [-0.05, 0) is 25.6 Å². The largest absolute Gasteiger partial charge is 0.370 e. The second-order valence-electron chi connectivity index (χ2n) is 7.58. The summed E-state index contributed by atoms with van der Waals surface area (Å²) in [6.45, 7) is 3.88. The fourth-order valence-corrected chi connectivity index (χ4v) is 3.97. The molecule has 3 atom stereocenters. The van der Waals surface area contributed by atoms with Crippen LogP contribution < -0.4 is 15.5 Å². The lowest BCUT2D eigenvalue weighted by Crippen LogP contribution is -2.53. The smallest absolute Gasteiger partial charge is 0.259 e. The second-order valence-corrected chi connectivity index (χ2v) is 7.58. The molecule has 0 aliphatic carbocycles. The van der Waals surface area contributed by atoms with E-state index in [0.29, 0.717) is 25.2 Å². The Morgan fingerprint density at radius 2 is 2.38 bits per heavy atom. The molecule has 2 aliphatic heterocycles. The molecule has 2 fully saturated rings. The number of pyridine rings is 2. The van der Waals surface area contributed by atoms with Gasteiger partial charge < -0.3 is 20.3 Å². The number of halogens is 1. The number of nitriles is 1. The number of anilines is 1. The van der Waals surface area contributed by atoms with Gasteiger partial charge in [-0.2, -0.15) is 5.26 Å². The van der Waals surface area contributed by atoms with Crippen LogP contribution in [0.15, 0.2) is 24.5 Å². The fraction of sp³-hybridized carbons (Fsp3) is 0.500. The standard InChI is InChI=1S/C20H23FN6O2/c1-13-10-27(17-9-25-16(7-22)18-15(17)3-2-5-24-18)11-14(29-13)8-26-19(28)20(21)4-6-23-12-20/h2-3,5,9,13-14,23H,4,6,8,10-12H2,1H3,(H,26,28)/t13-,14+,20?/m1/s1. The first-order valence-corrected chi connectivity index (χ1v) is 9.72. The Morgan fingerprint density at radius 1 is 1.52 bits per heavy atom. The third-order valence-corrected chi connectivity index (χ3v) is 5.40. The first-order chi connectivity index (χ1) is 14.0. The van der Waals surface area contributed by atoms with Crippen LogP contribution >= 0.6 is 0 Å². The molecule has 9 heteroatoms. The zero-order valence-electron chi connectivity index (χ0n) is 16.2. The molecule has 152 valence electrons. The van der Waals surface area contributed by atoms with E-state index >= 15 is 0 Å². The molecule has 0 bridgehead atoms. The highest BCUT2D eigenvalue weighted by Gasteiger charge is 2.41. The molecule has 2 aromatic heterocycles. The molecule has 8 nitrogen and oxygen atoms in total. The van der Waals surface area contributed by atoms with Crippen molar-refractivity contribution in [1.82, 2.24) is 20.6 Å². The van der Waals surface area contributed by atoms with Gasteiger partial charge in [0.1, 0.15) is 11.6 Å². The van der Waals surface area contributed by atoms with Crippen molar-refractivity contribution < 1.29 is 13.9 Å². The maximum atomic E-state index is 14.6. The van der Waals surface area contributed by atoms with Gasteiger partial charge in [-0.15, -0.1) is 0 Å². The Morgan fingerprint density at radius 3 is 3.14 bits per heavy atom. The van der Waals surface area contributed by atoms with Crippen LogP contribution in [0.1, 0.15) is 19.0 Å². The summed E-state index contributed by atoms with van der Waals surface area (Å²) in [4.78, 5) is 22.9. The van der Waals surface area contributed by atoms with E-state index in [0.717, 1.165) is 11.1 Å². The van der Waals surface area contributed by atoms with E-state index in [2.05, 4.69) is 31.6 Å². The zero-order valence-corrected chi connectivity index (χ0v) is 16.2. The maximum absolute atomic E-state index is 14.6. The van der Waals surface area contributed by atoms with Crippen molar-refractivity contribution in [2.45, 2.75) is 31.2 Å². The van der Waals surface area contributed by atoms with E-state index in [1.165, 1.54) is 0 Å². The number of rotatable bonds is 4. The van der Waals surface area contributed by atoms with E-state index in [9.17, 15) is 14.4 Å². The first-order valence-electron chi connectivity index (χ1n) is 9.72. The van der Waals surface area contributed by atoms with Crippen LogP contribution in [0.4, 0.5) is 10.1 Å². The lowest BCUT2D eigenvalue weighted by Gasteiger charge is -2.38. The molecule has 0 saturated carbocycles. The Labute approximate surface area is 168 Å². The third kappa shape index (κ3) is 3.86. The van der Waals surface area contributed by atoms with Crippen LogP contribution in [0.3, 0.4) is 0 Å². The molecule has 29 heavy (non-hydrogen) atoms. The molecule has 2 saturated heterocycles. The number of hydrogen-bond acceptors (Lipinski definition) is 7. The van der Waals surface area contributed by atoms with Gasteiger partial charge in [0, 0.05) is 44.2 Å².